The van der Waals surface area contributed by atoms with Crippen LogP contribution in [-0.2, 0) is 14.4 Å². The summed E-state index contributed by atoms with van der Waals surface area (Å²) in [6.07, 6.45) is -3.56. The van der Waals surface area contributed by atoms with Crippen LogP contribution in [0.4, 0.5) is 13.2 Å². The molecule has 0 unspecified atom stereocenters. The average Bonchev–Trinajstić information content (AvgIpc) is 2.33. The summed E-state index contributed by atoms with van der Waals surface area (Å²) in [5, 5.41) is 1.11. The number of hydroxylamine groups is 2. The third-order valence-electron chi connectivity index (χ3n) is 3.79. The number of rotatable bonds is 4. The molecule has 116 valence electrons. The summed E-state index contributed by atoms with van der Waals surface area (Å²) >= 11 is 0. The first-order chi connectivity index (χ1) is 9.41. The first-order valence-electron chi connectivity index (χ1n) is 6.79. The van der Waals surface area contributed by atoms with E-state index in [0.29, 0.717) is 38.0 Å². The van der Waals surface area contributed by atoms with E-state index in [0.717, 1.165) is 24.8 Å². The first kappa shape index (κ1) is 15.5. The number of likely N-dealkylation sites (N-methyl/N-ethyl adjacent to an activating group) is 1. The van der Waals surface area contributed by atoms with Gasteiger partial charge in [0.2, 0.25) is 0 Å². The minimum Gasteiger partial charge on any atom is -0.378 e. The van der Waals surface area contributed by atoms with Crippen LogP contribution in [0.3, 0.4) is 0 Å². The van der Waals surface area contributed by atoms with Crippen LogP contribution in [0.2, 0.25) is 0 Å². The molecule has 0 saturated carbocycles. The Bertz CT molecular complexity index is 339. The zero-order chi connectivity index (χ0) is 14.8. The van der Waals surface area contributed by atoms with Crippen LogP contribution in [-0.4, -0.2) is 67.0 Å². The van der Waals surface area contributed by atoms with Gasteiger partial charge >= 0.3 is 12.1 Å². The Morgan fingerprint density at radius 3 is 2.30 bits per heavy atom. The van der Waals surface area contributed by atoms with Crippen molar-refractivity contribution in [2.45, 2.75) is 38.0 Å². The van der Waals surface area contributed by atoms with E-state index in [1.807, 2.05) is 0 Å². The number of ether oxygens (including phenoxy) is 1. The smallest absolute Gasteiger partial charge is 0.378 e. The maximum absolute atomic E-state index is 12.1. The van der Waals surface area contributed by atoms with E-state index in [4.69, 9.17) is 4.74 Å². The Hall–Kier alpha value is -0.860. The first-order valence-corrected chi connectivity index (χ1v) is 6.79. The van der Waals surface area contributed by atoms with Gasteiger partial charge in [0.05, 0.1) is 19.3 Å². The quantitative estimate of drug-likeness (QED) is 0.779. The molecule has 0 aliphatic carbocycles. The molecule has 0 aromatic heterocycles. The van der Waals surface area contributed by atoms with Gasteiger partial charge in [-0.2, -0.15) is 13.2 Å². The Labute approximate surface area is 115 Å². The summed E-state index contributed by atoms with van der Waals surface area (Å²) in [6.45, 7) is 5.05. The molecule has 8 heteroatoms. The van der Waals surface area contributed by atoms with Gasteiger partial charge in [0.25, 0.3) is 0 Å². The van der Waals surface area contributed by atoms with Crippen LogP contribution in [0.15, 0.2) is 0 Å². The molecular weight excluding hydrogens is 277 g/mol. The van der Waals surface area contributed by atoms with Gasteiger partial charge in [0.15, 0.2) is 0 Å². The highest BCUT2D eigenvalue weighted by Crippen LogP contribution is 2.23. The van der Waals surface area contributed by atoms with E-state index in [-0.39, 0.29) is 0 Å². The lowest BCUT2D eigenvalue weighted by Crippen LogP contribution is -2.56. The van der Waals surface area contributed by atoms with Gasteiger partial charge < -0.3 is 9.57 Å². The van der Waals surface area contributed by atoms with Crippen molar-refractivity contribution in [1.29, 1.82) is 0 Å². The summed E-state index contributed by atoms with van der Waals surface area (Å²) in [4.78, 5) is 17.4. The van der Waals surface area contributed by atoms with Gasteiger partial charge in [-0.3, -0.25) is 4.90 Å². The second kappa shape index (κ2) is 6.28. The van der Waals surface area contributed by atoms with Crippen molar-refractivity contribution >= 4 is 5.97 Å². The Balaban J connectivity index is 1.78. The fourth-order valence-electron chi connectivity index (χ4n) is 2.66. The van der Waals surface area contributed by atoms with E-state index < -0.39 is 12.1 Å². The highest BCUT2D eigenvalue weighted by molar-refractivity contribution is 5.75. The number of carbonyl (C=O) groups is 1. The Morgan fingerprint density at radius 1 is 1.30 bits per heavy atom. The summed E-state index contributed by atoms with van der Waals surface area (Å²) in [7, 11) is 0. The number of piperidine rings is 1. The lowest BCUT2D eigenvalue weighted by atomic mass is 10.0. The van der Waals surface area contributed by atoms with Crippen LogP contribution in [0.5, 0.6) is 0 Å². The van der Waals surface area contributed by atoms with E-state index in [1.54, 1.807) is 0 Å². The molecule has 0 atom stereocenters. The monoisotopic (exact) mass is 296 g/mol. The molecule has 0 spiro atoms. The summed E-state index contributed by atoms with van der Waals surface area (Å²) in [6, 6.07) is 0.726. The van der Waals surface area contributed by atoms with Crippen molar-refractivity contribution in [1.82, 2.24) is 9.96 Å². The van der Waals surface area contributed by atoms with Gasteiger partial charge in [0, 0.05) is 19.1 Å². The van der Waals surface area contributed by atoms with Gasteiger partial charge in [-0.1, -0.05) is 6.92 Å². The molecule has 0 radical (unpaired) electrons. The van der Waals surface area contributed by atoms with E-state index in [1.165, 1.54) is 0 Å². The molecule has 0 N–H and O–H groups in total. The van der Waals surface area contributed by atoms with Crippen LogP contribution in [0.1, 0.15) is 19.8 Å². The van der Waals surface area contributed by atoms with Crippen LogP contribution < -0.4 is 0 Å². The second-order valence-corrected chi connectivity index (χ2v) is 5.06. The topological polar surface area (TPSA) is 42.0 Å². The Kier molecular flexibility index (Phi) is 4.87. The minimum absolute atomic E-state index is 0.315. The number of hydrogen-bond donors (Lipinski definition) is 0. The maximum Gasteiger partial charge on any atom is 0.492 e. The van der Waals surface area contributed by atoms with Gasteiger partial charge in [0.1, 0.15) is 0 Å². The summed E-state index contributed by atoms with van der Waals surface area (Å²) < 4.78 is 41.5. The molecule has 0 amide bonds. The third kappa shape index (κ3) is 3.62. The lowest BCUT2D eigenvalue weighted by Gasteiger charge is -2.44. The largest absolute Gasteiger partial charge is 0.492 e. The van der Waals surface area contributed by atoms with Gasteiger partial charge in [-0.05, 0) is 19.4 Å². The minimum atomic E-state index is -4.93. The van der Waals surface area contributed by atoms with E-state index in [2.05, 4.69) is 16.7 Å². The predicted octanol–water partition coefficient (Wildman–Crippen LogP) is 1.19. The molecule has 2 fully saturated rings. The van der Waals surface area contributed by atoms with Crippen LogP contribution in [0, 0.1) is 0 Å². The summed E-state index contributed by atoms with van der Waals surface area (Å²) in [5.41, 5.74) is 0. The van der Waals surface area contributed by atoms with Crippen molar-refractivity contribution in [3.05, 3.63) is 0 Å². The highest BCUT2D eigenvalue weighted by Gasteiger charge is 2.43. The lowest BCUT2D eigenvalue weighted by molar-refractivity contribution is -0.243. The molecule has 0 bridgehead atoms. The molecule has 2 rings (SSSR count). The molecule has 2 saturated heterocycles. The number of hydrogen-bond acceptors (Lipinski definition) is 5. The van der Waals surface area contributed by atoms with Gasteiger partial charge in [-0.15, -0.1) is 5.06 Å². The van der Waals surface area contributed by atoms with Crippen molar-refractivity contribution < 1.29 is 27.5 Å². The van der Waals surface area contributed by atoms with Crippen LogP contribution in [0.25, 0.3) is 0 Å². The van der Waals surface area contributed by atoms with Crippen molar-refractivity contribution in [2.24, 2.45) is 0 Å². The zero-order valence-electron chi connectivity index (χ0n) is 11.4. The average molecular weight is 296 g/mol. The van der Waals surface area contributed by atoms with E-state index in [9.17, 15) is 18.0 Å². The summed E-state index contributed by atoms with van der Waals surface area (Å²) in [5.74, 6) is -2.14. The van der Waals surface area contributed by atoms with Gasteiger partial charge in [-0.25, -0.2) is 4.79 Å². The SMILES string of the molecule is CCN(C1CCN(OC(=O)C(F)(F)F)CC1)C1COC1. The molecule has 2 heterocycles. The van der Waals surface area contributed by atoms with E-state index >= 15 is 0 Å². The molecule has 2 aliphatic heterocycles. The fourth-order valence-corrected chi connectivity index (χ4v) is 2.66. The molecule has 2 aliphatic rings. The van der Waals surface area contributed by atoms with Crippen molar-refractivity contribution in [3.8, 4) is 0 Å². The number of alkyl halides is 3. The number of halogens is 3. The number of nitrogens with zero attached hydrogens (tertiary/aromatic N) is 2. The predicted molar refractivity (Wildman–Crippen MR) is 63.7 cm³/mol. The molecule has 0 aromatic rings. The molecule has 0 aromatic carbocycles. The normalized spacial score (nSPS) is 22.9. The number of carbonyl (C=O) groups excluding carboxylic acids is 1. The van der Waals surface area contributed by atoms with Crippen LogP contribution >= 0.6 is 0 Å². The third-order valence-corrected chi connectivity index (χ3v) is 3.79. The molecule has 20 heavy (non-hydrogen) atoms. The Morgan fingerprint density at radius 2 is 1.90 bits per heavy atom. The maximum atomic E-state index is 12.1. The molecular formula is C12H19F3N2O3. The fraction of sp³-hybridized carbons (Fsp3) is 0.917. The molecule has 5 nitrogen and oxygen atoms in total. The standard InChI is InChI=1S/C12H19F3N2O3/c1-2-17(10-7-19-8-10)9-3-5-16(6-4-9)20-11(18)12(13,14)15/h9-10H,2-8H2,1H3. The highest BCUT2D eigenvalue weighted by atomic mass is 19.4. The van der Waals surface area contributed by atoms with Crippen molar-refractivity contribution in [3.63, 3.8) is 0 Å². The van der Waals surface area contributed by atoms with Crippen molar-refractivity contribution in [2.75, 3.05) is 32.8 Å². The zero-order valence-corrected chi connectivity index (χ0v) is 11.4. The second-order valence-electron chi connectivity index (χ2n) is 5.06.